The molecule has 5 nitrogen and oxygen atoms in total. The van der Waals surface area contributed by atoms with Gasteiger partial charge in [0.15, 0.2) is 0 Å². The van der Waals surface area contributed by atoms with Crippen LogP contribution in [0.3, 0.4) is 0 Å². The number of hydrogen-bond acceptors (Lipinski definition) is 5. The van der Waals surface area contributed by atoms with E-state index in [1.165, 1.54) is 6.33 Å². The summed E-state index contributed by atoms with van der Waals surface area (Å²) < 4.78 is 0. The summed E-state index contributed by atoms with van der Waals surface area (Å²) in [6.45, 7) is 0. The van der Waals surface area contributed by atoms with Crippen LogP contribution in [-0.4, -0.2) is 21.6 Å². The second kappa shape index (κ2) is 7.85. The Kier molecular flexibility index (Phi) is 5.83. The minimum Gasteiger partial charge on any atom is -0.399 e. The lowest BCUT2D eigenvalue weighted by Crippen LogP contribution is -2.11. The standard InChI is InChI=1S/C14H15ClN4OS/c15-11-8-10(16)3-4-12(11)19-13(20)2-1-7-21-14-5-6-17-9-18-14/h3-6,8-9H,1-2,7,16H2,(H,19,20). The highest BCUT2D eigenvalue weighted by Crippen LogP contribution is 2.24. The highest BCUT2D eigenvalue weighted by molar-refractivity contribution is 7.99. The molecule has 110 valence electrons. The first-order valence-electron chi connectivity index (χ1n) is 6.39. The smallest absolute Gasteiger partial charge is 0.224 e. The van der Waals surface area contributed by atoms with Crippen molar-refractivity contribution in [3.05, 3.63) is 41.8 Å². The maximum atomic E-state index is 11.8. The number of halogens is 1. The van der Waals surface area contributed by atoms with Crippen LogP contribution in [0.4, 0.5) is 11.4 Å². The van der Waals surface area contributed by atoms with Crippen LogP contribution in [0.2, 0.25) is 5.02 Å². The molecule has 21 heavy (non-hydrogen) atoms. The predicted molar refractivity (Wildman–Crippen MR) is 86.5 cm³/mol. The lowest BCUT2D eigenvalue weighted by molar-refractivity contribution is -0.116. The van der Waals surface area contributed by atoms with Gasteiger partial charge in [0.05, 0.1) is 15.7 Å². The van der Waals surface area contributed by atoms with Gasteiger partial charge < -0.3 is 11.1 Å². The highest BCUT2D eigenvalue weighted by Gasteiger charge is 2.06. The number of nitrogen functional groups attached to an aromatic ring is 1. The van der Waals surface area contributed by atoms with Crippen molar-refractivity contribution < 1.29 is 4.79 Å². The van der Waals surface area contributed by atoms with Crippen molar-refractivity contribution in [3.8, 4) is 0 Å². The summed E-state index contributed by atoms with van der Waals surface area (Å²) in [6.07, 6.45) is 4.40. The fraction of sp³-hybridized carbons (Fsp3) is 0.214. The third-order valence-corrected chi connectivity index (χ3v) is 3.96. The molecule has 2 aromatic rings. The zero-order valence-electron chi connectivity index (χ0n) is 11.3. The molecule has 0 saturated heterocycles. The van der Waals surface area contributed by atoms with E-state index >= 15 is 0 Å². The van der Waals surface area contributed by atoms with E-state index in [1.54, 1.807) is 36.2 Å². The Balaban J connectivity index is 1.72. The number of carbonyl (C=O) groups excluding carboxylic acids is 1. The maximum Gasteiger partial charge on any atom is 0.224 e. The first kappa shape index (κ1) is 15.6. The molecule has 0 radical (unpaired) electrons. The van der Waals surface area contributed by atoms with Gasteiger partial charge in [-0.1, -0.05) is 11.6 Å². The second-order valence-electron chi connectivity index (χ2n) is 4.29. The molecular weight excluding hydrogens is 308 g/mol. The molecule has 0 atom stereocenters. The van der Waals surface area contributed by atoms with Gasteiger partial charge in [-0.2, -0.15) is 0 Å². The number of anilines is 2. The zero-order valence-corrected chi connectivity index (χ0v) is 12.8. The summed E-state index contributed by atoms with van der Waals surface area (Å²) in [7, 11) is 0. The van der Waals surface area contributed by atoms with Gasteiger partial charge in [-0.05, 0) is 36.4 Å². The fourth-order valence-electron chi connectivity index (χ4n) is 1.62. The molecule has 0 aliphatic rings. The van der Waals surface area contributed by atoms with E-state index in [0.717, 1.165) is 17.2 Å². The molecule has 0 aliphatic carbocycles. The van der Waals surface area contributed by atoms with Crippen molar-refractivity contribution in [2.45, 2.75) is 17.9 Å². The number of rotatable bonds is 6. The maximum absolute atomic E-state index is 11.8. The highest BCUT2D eigenvalue weighted by atomic mass is 35.5. The van der Waals surface area contributed by atoms with Gasteiger partial charge in [0.2, 0.25) is 5.91 Å². The van der Waals surface area contributed by atoms with E-state index in [0.29, 0.717) is 22.8 Å². The van der Waals surface area contributed by atoms with Crippen LogP contribution in [0.15, 0.2) is 41.8 Å². The van der Waals surface area contributed by atoms with Crippen molar-refractivity contribution in [2.24, 2.45) is 0 Å². The molecule has 0 fully saturated rings. The molecule has 7 heteroatoms. The quantitative estimate of drug-likeness (QED) is 0.369. The molecular formula is C14H15ClN4OS. The SMILES string of the molecule is Nc1ccc(NC(=O)CCCSc2ccncn2)c(Cl)c1. The third-order valence-electron chi connectivity index (χ3n) is 2.62. The molecule has 0 unspecified atom stereocenters. The first-order valence-corrected chi connectivity index (χ1v) is 7.75. The van der Waals surface area contributed by atoms with Crippen LogP contribution in [0.25, 0.3) is 0 Å². The average molecular weight is 323 g/mol. The molecule has 0 spiro atoms. The molecule has 1 amide bonds. The van der Waals surface area contributed by atoms with Gasteiger partial charge in [-0.3, -0.25) is 4.79 Å². The summed E-state index contributed by atoms with van der Waals surface area (Å²) in [5, 5.41) is 4.13. The summed E-state index contributed by atoms with van der Waals surface area (Å²) in [5.41, 5.74) is 6.75. The number of thioether (sulfide) groups is 1. The molecule has 0 bridgehead atoms. The van der Waals surface area contributed by atoms with E-state index in [2.05, 4.69) is 15.3 Å². The van der Waals surface area contributed by atoms with Crippen LogP contribution >= 0.6 is 23.4 Å². The summed E-state index contributed by atoms with van der Waals surface area (Å²) in [6, 6.07) is 6.86. The lowest BCUT2D eigenvalue weighted by Gasteiger charge is -2.07. The number of nitrogens with two attached hydrogens (primary N) is 1. The monoisotopic (exact) mass is 322 g/mol. The van der Waals surface area contributed by atoms with Crippen molar-refractivity contribution in [3.63, 3.8) is 0 Å². The number of benzene rings is 1. The van der Waals surface area contributed by atoms with Crippen LogP contribution in [0, 0.1) is 0 Å². The van der Waals surface area contributed by atoms with E-state index in [-0.39, 0.29) is 5.91 Å². The Morgan fingerprint density at radius 1 is 1.38 bits per heavy atom. The van der Waals surface area contributed by atoms with Gasteiger partial charge in [-0.15, -0.1) is 11.8 Å². The Labute approximate surface area is 132 Å². The second-order valence-corrected chi connectivity index (χ2v) is 5.81. The molecule has 1 aromatic heterocycles. The predicted octanol–water partition coefficient (Wildman–Crippen LogP) is 3.22. The largest absolute Gasteiger partial charge is 0.399 e. The van der Waals surface area contributed by atoms with Crippen LogP contribution in [-0.2, 0) is 4.79 Å². The van der Waals surface area contributed by atoms with Gasteiger partial charge >= 0.3 is 0 Å². The molecule has 1 heterocycles. The normalized spacial score (nSPS) is 10.3. The summed E-state index contributed by atoms with van der Waals surface area (Å²) in [4.78, 5) is 19.8. The third kappa shape index (κ3) is 5.24. The molecule has 2 rings (SSSR count). The van der Waals surface area contributed by atoms with Crippen molar-refractivity contribution in [1.82, 2.24) is 9.97 Å². The first-order chi connectivity index (χ1) is 10.1. The Morgan fingerprint density at radius 3 is 2.95 bits per heavy atom. The van der Waals surface area contributed by atoms with Gasteiger partial charge in [0.1, 0.15) is 6.33 Å². The molecule has 0 aliphatic heterocycles. The molecule has 3 N–H and O–H groups in total. The Bertz CT molecular complexity index is 609. The number of hydrogen-bond donors (Lipinski definition) is 2. The molecule has 0 saturated carbocycles. The lowest BCUT2D eigenvalue weighted by atomic mass is 10.2. The van der Waals surface area contributed by atoms with E-state index in [4.69, 9.17) is 17.3 Å². The van der Waals surface area contributed by atoms with Crippen LogP contribution in [0.5, 0.6) is 0 Å². The average Bonchev–Trinajstić information content (AvgIpc) is 2.48. The van der Waals surface area contributed by atoms with Gasteiger partial charge in [0, 0.05) is 18.3 Å². The number of nitrogens with one attached hydrogen (secondary N) is 1. The van der Waals surface area contributed by atoms with Gasteiger partial charge in [0.25, 0.3) is 0 Å². The zero-order chi connectivity index (χ0) is 15.1. The Morgan fingerprint density at radius 2 is 2.24 bits per heavy atom. The van der Waals surface area contributed by atoms with Crippen molar-refractivity contribution in [2.75, 3.05) is 16.8 Å². The van der Waals surface area contributed by atoms with Gasteiger partial charge in [-0.25, -0.2) is 9.97 Å². The number of amides is 1. The van der Waals surface area contributed by atoms with E-state index in [1.807, 2.05) is 6.07 Å². The summed E-state index contributed by atoms with van der Waals surface area (Å²) >= 11 is 7.60. The number of aromatic nitrogens is 2. The van der Waals surface area contributed by atoms with Crippen LogP contribution in [0.1, 0.15) is 12.8 Å². The number of carbonyl (C=O) groups is 1. The topological polar surface area (TPSA) is 80.9 Å². The van der Waals surface area contributed by atoms with Crippen LogP contribution < -0.4 is 11.1 Å². The minimum atomic E-state index is -0.0649. The molecule has 1 aromatic carbocycles. The fourth-order valence-corrected chi connectivity index (χ4v) is 2.63. The minimum absolute atomic E-state index is 0.0649. The van der Waals surface area contributed by atoms with Crippen molar-refractivity contribution in [1.29, 1.82) is 0 Å². The van der Waals surface area contributed by atoms with E-state index < -0.39 is 0 Å². The number of nitrogens with zero attached hydrogens (tertiary/aromatic N) is 2. The van der Waals surface area contributed by atoms with Crippen molar-refractivity contribution >= 4 is 40.6 Å². The summed E-state index contributed by atoms with van der Waals surface area (Å²) in [5.74, 6) is 0.754. The Hall–Kier alpha value is -1.79. The van der Waals surface area contributed by atoms with E-state index in [9.17, 15) is 4.79 Å².